The van der Waals surface area contributed by atoms with Gasteiger partial charge in [0.15, 0.2) is 5.96 Å². The smallest absolute Gasteiger partial charge is 0.220 e. The summed E-state index contributed by atoms with van der Waals surface area (Å²) in [7, 11) is 1.73. The van der Waals surface area contributed by atoms with Crippen LogP contribution in [0.4, 0.5) is 4.39 Å². The summed E-state index contributed by atoms with van der Waals surface area (Å²) in [4.78, 5) is 17.8. The molecule has 30 heavy (non-hydrogen) atoms. The number of nitrogens with zero attached hydrogens (tertiary/aromatic N) is 2. The molecule has 1 aliphatic rings. The van der Waals surface area contributed by atoms with Gasteiger partial charge in [-0.1, -0.05) is 6.07 Å². The third-order valence-corrected chi connectivity index (χ3v) is 5.10. The van der Waals surface area contributed by atoms with E-state index in [0.717, 1.165) is 57.8 Å². The minimum absolute atomic E-state index is 0. The molecule has 1 aliphatic heterocycles. The molecule has 0 aromatic heterocycles. The Morgan fingerprint density at radius 1 is 1.33 bits per heavy atom. The molecule has 1 fully saturated rings. The summed E-state index contributed by atoms with van der Waals surface area (Å²) in [5.74, 6) is 0.819. The number of rotatable bonds is 10. The Hall–Kier alpha value is -1.62. The van der Waals surface area contributed by atoms with Gasteiger partial charge in [0.25, 0.3) is 0 Å². The number of guanidine groups is 1. The number of aliphatic imine (C=N–C) groups is 1. The summed E-state index contributed by atoms with van der Waals surface area (Å²) >= 11 is 0. The van der Waals surface area contributed by atoms with Crippen LogP contribution in [0.5, 0.6) is 5.75 Å². The second kappa shape index (κ2) is 14.4. The Morgan fingerprint density at radius 3 is 2.70 bits per heavy atom. The van der Waals surface area contributed by atoms with E-state index in [1.165, 1.54) is 12.1 Å². The van der Waals surface area contributed by atoms with Crippen molar-refractivity contribution < 1.29 is 13.9 Å². The standard InChI is InChI=1S/C21H34FN5O2.HI/c1-16(29-19-7-5-6-18(22)14-19)15-26-21(24-2)25-10-3-4-11-27-12-8-17(9-13-27)20(23)28;/h5-7,14,16-17H,3-4,8-13,15H2,1-2H3,(H2,23,28)(H2,24,25,26);1H. The van der Waals surface area contributed by atoms with Gasteiger partial charge in [0, 0.05) is 25.6 Å². The molecule has 0 bridgehead atoms. The monoisotopic (exact) mass is 535 g/mol. The summed E-state index contributed by atoms with van der Waals surface area (Å²) in [5, 5.41) is 6.53. The zero-order chi connectivity index (χ0) is 21.1. The van der Waals surface area contributed by atoms with E-state index in [9.17, 15) is 9.18 Å². The number of primary amides is 1. The van der Waals surface area contributed by atoms with E-state index in [1.807, 2.05) is 6.92 Å². The Labute approximate surface area is 196 Å². The van der Waals surface area contributed by atoms with Crippen molar-refractivity contribution in [1.29, 1.82) is 0 Å². The number of carbonyl (C=O) groups excluding carboxylic acids is 1. The van der Waals surface area contributed by atoms with E-state index < -0.39 is 0 Å². The third-order valence-electron chi connectivity index (χ3n) is 5.10. The first-order valence-electron chi connectivity index (χ1n) is 10.4. The van der Waals surface area contributed by atoms with Crippen molar-refractivity contribution in [2.24, 2.45) is 16.6 Å². The van der Waals surface area contributed by atoms with Crippen LogP contribution in [-0.2, 0) is 4.79 Å². The van der Waals surface area contributed by atoms with Gasteiger partial charge < -0.3 is 26.0 Å². The molecule has 9 heteroatoms. The number of ether oxygens (including phenoxy) is 1. The number of likely N-dealkylation sites (tertiary alicyclic amines) is 1. The van der Waals surface area contributed by atoms with Gasteiger partial charge in [-0.25, -0.2) is 4.39 Å². The lowest BCUT2D eigenvalue weighted by Crippen LogP contribution is -2.42. The highest BCUT2D eigenvalue weighted by Gasteiger charge is 2.22. The van der Waals surface area contributed by atoms with Crippen LogP contribution in [0.25, 0.3) is 0 Å². The molecular formula is C21H35FIN5O2. The van der Waals surface area contributed by atoms with E-state index in [2.05, 4.69) is 20.5 Å². The quantitative estimate of drug-likeness (QED) is 0.185. The molecule has 4 N–H and O–H groups in total. The molecule has 0 aliphatic carbocycles. The third kappa shape index (κ3) is 9.92. The molecular weight excluding hydrogens is 500 g/mol. The van der Waals surface area contributed by atoms with Crippen LogP contribution in [0, 0.1) is 11.7 Å². The highest BCUT2D eigenvalue weighted by atomic mass is 127. The molecule has 1 amide bonds. The van der Waals surface area contributed by atoms with Crippen molar-refractivity contribution in [3.63, 3.8) is 0 Å². The maximum atomic E-state index is 13.2. The van der Waals surface area contributed by atoms with Crippen LogP contribution < -0.4 is 21.1 Å². The van der Waals surface area contributed by atoms with Gasteiger partial charge in [-0.15, -0.1) is 24.0 Å². The van der Waals surface area contributed by atoms with Crippen LogP contribution in [0.2, 0.25) is 0 Å². The zero-order valence-electron chi connectivity index (χ0n) is 17.9. The number of amides is 1. The van der Waals surface area contributed by atoms with Gasteiger partial charge in [-0.2, -0.15) is 0 Å². The average Bonchev–Trinajstić information content (AvgIpc) is 2.70. The molecule has 1 aromatic carbocycles. The fourth-order valence-corrected chi connectivity index (χ4v) is 3.38. The Kier molecular flexibility index (Phi) is 12.7. The Bertz CT molecular complexity index is 669. The maximum absolute atomic E-state index is 13.2. The molecule has 0 spiro atoms. The molecule has 1 aromatic rings. The van der Waals surface area contributed by atoms with Crippen LogP contribution in [0.15, 0.2) is 29.3 Å². The fraction of sp³-hybridized carbons (Fsp3) is 0.619. The number of hydrogen-bond donors (Lipinski definition) is 3. The second-order valence-corrected chi connectivity index (χ2v) is 7.49. The number of halogens is 2. The molecule has 0 radical (unpaired) electrons. The van der Waals surface area contributed by atoms with Gasteiger partial charge >= 0.3 is 0 Å². The molecule has 7 nitrogen and oxygen atoms in total. The van der Waals surface area contributed by atoms with Crippen molar-refractivity contribution in [2.75, 3.05) is 39.8 Å². The SMILES string of the molecule is CN=C(NCCCCN1CCC(C(N)=O)CC1)NCC(C)Oc1cccc(F)c1.I. The topological polar surface area (TPSA) is 92.0 Å². The van der Waals surface area contributed by atoms with Gasteiger partial charge in [0.05, 0.1) is 6.54 Å². The van der Waals surface area contributed by atoms with Crippen LogP contribution in [0.3, 0.4) is 0 Å². The summed E-state index contributed by atoms with van der Waals surface area (Å²) in [6.07, 6.45) is 3.74. The predicted molar refractivity (Wildman–Crippen MR) is 129 cm³/mol. The fourth-order valence-electron chi connectivity index (χ4n) is 3.38. The molecule has 1 unspecified atom stereocenters. The van der Waals surface area contributed by atoms with Crippen molar-refractivity contribution >= 4 is 35.8 Å². The maximum Gasteiger partial charge on any atom is 0.220 e. The van der Waals surface area contributed by atoms with E-state index in [-0.39, 0.29) is 47.7 Å². The van der Waals surface area contributed by atoms with Gasteiger partial charge in [-0.3, -0.25) is 9.79 Å². The number of piperidine rings is 1. The summed E-state index contributed by atoms with van der Waals surface area (Å²) in [5.41, 5.74) is 5.38. The summed E-state index contributed by atoms with van der Waals surface area (Å²) < 4.78 is 18.9. The lowest BCUT2D eigenvalue weighted by molar-refractivity contribution is -0.123. The van der Waals surface area contributed by atoms with Crippen LogP contribution in [0.1, 0.15) is 32.6 Å². The van der Waals surface area contributed by atoms with Crippen molar-refractivity contribution in [2.45, 2.75) is 38.7 Å². The Morgan fingerprint density at radius 2 is 2.07 bits per heavy atom. The highest BCUT2D eigenvalue weighted by Crippen LogP contribution is 2.17. The Balaban J connectivity index is 0.00000450. The number of carbonyl (C=O) groups is 1. The lowest BCUT2D eigenvalue weighted by atomic mass is 9.96. The van der Waals surface area contributed by atoms with E-state index in [4.69, 9.17) is 10.5 Å². The minimum atomic E-state index is -0.308. The molecule has 170 valence electrons. The van der Waals surface area contributed by atoms with Crippen molar-refractivity contribution in [1.82, 2.24) is 15.5 Å². The zero-order valence-corrected chi connectivity index (χ0v) is 20.2. The first-order chi connectivity index (χ1) is 14.0. The van der Waals surface area contributed by atoms with Gasteiger partial charge in [0.1, 0.15) is 17.7 Å². The van der Waals surface area contributed by atoms with Crippen LogP contribution >= 0.6 is 24.0 Å². The first-order valence-corrected chi connectivity index (χ1v) is 10.4. The highest BCUT2D eigenvalue weighted by molar-refractivity contribution is 14.0. The van der Waals surface area contributed by atoms with Crippen molar-refractivity contribution in [3.8, 4) is 5.75 Å². The first kappa shape index (κ1) is 26.4. The van der Waals surface area contributed by atoms with E-state index >= 15 is 0 Å². The number of hydrogen-bond acceptors (Lipinski definition) is 4. The second-order valence-electron chi connectivity index (χ2n) is 7.49. The van der Waals surface area contributed by atoms with Crippen LogP contribution in [-0.4, -0.2) is 62.6 Å². The van der Waals surface area contributed by atoms with E-state index in [1.54, 1.807) is 19.2 Å². The molecule has 0 saturated carbocycles. The predicted octanol–water partition coefficient (Wildman–Crippen LogP) is 2.35. The minimum Gasteiger partial charge on any atom is -0.489 e. The molecule has 1 heterocycles. The number of unbranched alkanes of at least 4 members (excludes halogenated alkanes) is 1. The normalized spacial score (nSPS) is 16.4. The molecule has 2 rings (SSSR count). The van der Waals surface area contributed by atoms with Gasteiger partial charge in [-0.05, 0) is 64.4 Å². The molecule has 1 atom stereocenters. The van der Waals surface area contributed by atoms with Gasteiger partial charge in [0.2, 0.25) is 5.91 Å². The number of nitrogens with two attached hydrogens (primary N) is 1. The number of benzene rings is 1. The summed E-state index contributed by atoms with van der Waals surface area (Å²) in [6.45, 7) is 6.26. The lowest BCUT2D eigenvalue weighted by Gasteiger charge is -2.30. The van der Waals surface area contributed by atoms with Crippen molar-refractivity contribution in [3.05, 3.63) is 30.1 Å². The largest absolute Gasteiger partial charge is 0.489 e. The molecule has 1 saturated heterocycles. The number of nitrogens with one attached hydrogen (secondary N) is 2. The summed E-state index contributed by atoms with van der Waals surface area (Å²) in [6, 6.07) is 6.14. The average molecular weight is 535 g/mol. The van der Waals surface area contributed by atoms with E-state index in [0.29, 0.717) is 12.3 Å².